The molecule has 2 rings (SSSR count). The average molecular weight is 395 g/mol. The van der Waals surface area contributed by atoms with E-state index in [1.54, 1.807) is 24.3 Å². The number of carbonyl (C=O) groups excluding carboxylic acids is 1. The van der Waals surface area contributed by atoms with Gasteiger partial charge in [-0.15, -0.1) is 11.3 Å². The van der Waals surface area contributed by atoms with Gasteiger partial charge in [-0.1, -0.05) is 39.8 Å². The predicted octanol–water partition coefficient (Wildman–Crippen LogP) is 4.00. The molecule has 0 radical (unpaired) electrons. The number of hydrogen-bond donors (Lipinski definition) is 0. The Bertz CT molecular complexity index is 838. The maximum Gasteiger partial charge on any atom is 0.243 e. The number of Topliss-reactive ketones (excluding diaryl/α,β-unsaturated/α-hetero) is 1. The van der Waals surface area contributed by atoms with Gasteiger partial charge in [0.1, 0.15) is 10.8 Å². The number of hydrogen-bond acceptors (Lipinski definition) is 5. The van der Waals surface area contributed by atoms with Crippen LogP contribution in [0, 0.1) is 5.92 Å². The first-order valence-corrected chi connectivity index (χ1v) is 11.2. The molecule has 1 aromatic carbocycles. The Balaban J connectivity index is 2.18. The first kappa shape index (κ1) is 20.7. The molecule has 0 N–H and O–H groups in total. The number of thiazole rings is 1. The van der Waals surface area contributed by atoms with E-state index in [-0.39, 0.29) is 16.6 Å². The highest BCUT2D eigenvalue weighted by molar-refractivity contribution is 7.89. The van der Waals surface area contributed by atoms with Crippen LogP contribution in [0.5, 0.6) is 0 Å². The molecule has 1 unspecified atom stereocenters. The van der Waals surface area contributed by atoms with E-state index in [1.165, 1.54) is 15.6 Å². The van der Waals surface area contributed by atoms with Crippen LogP contribution in [0.2, 0.25) is 0 Å². The summed E-state index contributed by atoms with van der Waals surface area (Å²) in [6.07, 6.45) is 1.19. The minimum absolute atomic E-state index is 0.0481. The molecule has 1 atom stereocenters. The highest BCUT2D eigenvalue weighted by Crippen LogP contribution is 2.25. The highest BCUT2D eigenvalue weighted by atomic mass is 32.2. The summed E-state index contributed by atoms with van der Waals surface area (Å²) >= 11 is 1.46. The van der Waals surface area contributed by atoms with E-state index >= 15 is 0 Å². The van der Waals surface area contributed by atoms with Crippen molar-refractivity contribution in [1.82, 2.24) is 9.29 Å². The van der Waals surface area contributed by atoms with Crippen molar-refractivity contribution < 1.29 is 13.2 Å². The third-order valence-corrected chi connectivity index (χ3v) is 7.45. The van der Waals surface area contributed by atoms with Crippen molar-refractivity contribution in [1.29, 1.82) is 0 Å². The zero-order valence-corrected chi connectivity index (χ0v) is 17.4. The second-order valence-corrected chi connectivity index (χ2v) is 9.07. The highest BCUT2D eigenvalue weighted by Gasteiger charge is 2.21. The van der Waals surface area contributed by atoms with Gasteiger partial charge in [0.15, 0.2) is 0 Å². The van der Waals surface area contributed by atoms with Crippen molar-refractivity contribution in [3.63, 3.8) is 0 Å². The van der Waals surface area contributed by atoms with E-state index in [4.69, 9.17) is 0 Å². The molecule has 0 fully saturated rings. The van der Waals surface area contributed by atoms with E-state index in [0.717, 1.165) is 22.7 Å². The van der Waals surface area contributed by atoms with Crippen LogP contribution in [0.1, 0.15) is 39.1 Å². The molecule has 2 aromatic rings. The summed E-state index contributed by atoms with van der Waals surface area (Å²) in [4.78, 5) is 16.9. The first-order chi connectivity index (χ1) is 12.3. The summed E-state index contributed by atoms with van der Waals surface area (Å²) in [5.41, 5.74) is 1.62. The van der Waals surface area contributed by atoms with E-state index < -0.39 is 10.0 Å². The Hall–Kier alpha value is -1.57. The summed E-state index contributed by atoms with van der Waals surface area (Å²) in [6, 6.07) is 6.77. The Labute approximate surface area is 160 Å². The molecule has 0 aliphatic heterocycles. The Morgan fingerprint density at radius 1 is 1.15 bits per heavy atom. The SMILES string of the molecule is CCC(C)C(=O)Cc1nc(-c2ccc(S(=O)(=O)N(CC)CC)cc2)cs1. The van der Waals surface area contributed by atoms with Gasteiger partial charge in [-0.25, -0.2) is 13.4 Å². The molecular weight excluding hydrogens is 368 g/mol. The van der Waals surface area contributed by atoms with Crippen molar-refractivity contribution in [2.24, 2.45) is 5.92 Å². The molecule has 0 bridgehead atoms. The Kier molecular flexibility index (Phi) is 7.08. The lowest BCUT2D eigenvalue weighted by molar-refractivity contribution is -0.121. The van der Waals surface area contributed by atoms with Gasteiger partial charge in [0.05, 0.1) is 17.0 Å². The lowest BCUT2D eigenvalue weighted by Gasteiger charge is -2.18. The number of sulfonamides is 1. The van der Waals surface area contributed by atoms with Crippen LogP contribution in [-0.2, 0) is 21.2 Å². The lowest BCUT2D eigenvalue weighted by atomic mass is 10.0. The summed E-state index contributed by atoms with van der Waals surface area (Å²) in [5, 5.41) is 2.71. The second kappa shape index (κ2) is 8.88. The predicted molar refractivity (Wildman–Crippen MR) is 106 cm³/mol. The minimum atomic E-state index is -3.45. The van der Waals surface area contributed by atoms with Gasteiger partial charge >= 0.3 is 0 Å². The third kappa shape index (κ3) is 4.58. The average Bonchev–Trinajstić information content (AvgIpc) is 3.10. The molecule has 7 heteroatoms. The normalized spacial score (nSPS) is 13.1. The first-order valence-electron chi connectivity index (χ1n) is 8.91. The molecule has 0 amide bonds. The fourth-order valence-electron chi connectivity index (χ4n) is 2.59. The lowest BCUT2D eigenvalue weighted by Crippen LogP contribution is -2.30. The molecule has 5 nitrogen and oxygen atoms in total. The van der Waals surface area contributed by atoms with Crippen LogP contribution in [0.15, 0.2) is 34.5 Å². The summed E-state index contributed by atoms with van der Waals surface area (Å²) in [6.45, 7) is 8.48. The molecule has 142 valence electrons. The maximum atomic E-state index is 12.5. The summed E-state index contributed by atoms with van der Waals surface area (Å²) in [5.74, 6) is 0.251. The quantitative estimate of drug-likeness (QED) is 0.645. The number of ketones is 1. The van der Waals surface area contributed by atoms with Gasteiger partial charge in [-0.05, 0) is 18.6 Å². The number of carbonyl (C=O) groups is 1. The zero-order valence-electron chi connectivity index (χ0n) is 15.7. The monoisotopic (exact) mass is 394 g/mol. The second-order valence-electron chi connectivity index (χ2n) is 6.19. The van der Waals surface area contributed by atoms with Crippen LogP contribution in [0.3, 0.4) is 0 Å². The van der Waals surface area contributed by atoms with Crippen LogP contribution >= 0.6 is 11.3 Å². The van der Waals surface area contributed by atoms with Crippen LogP contribution in [0.25, 0.3) is 11.3 Å². The minimum Gasteiger partial charge on any atom is -0.299 e. The van der Waals surface area contributed by atoms with E-state index in [1.807, 2.05) is 33.1 Å². The Morgan fingerprint density at radius 3 is 2.31 bits per heavy atom. The molecule has 1 aromatic heterocycles. The van der Waals surface area contributed by atoms with Crippen molar-refractivity contribution in [3.8, 4) is 11.3 Å². The molecule has 1 heterocycles. The van der Waals surface area contributed by atoms with Gasteiger partial charge in [0.25, 0.3) is 0 Å². The summed E-state index contributed by atoms with van der Waals surface area (Å²) < 4.78 is 26.5. The Morgan fingerprint density at radius 2 is 1.77 bits per heavy atom. The van der Waals surface area contributed by atoms with Crippen LogP contribution < -0.4 is 0 Å². The topological polar surface area (TPSA) is 67.3 Å². The number of aromatic nitrogens is 1. The summed E-state index contributed by atoms with van der Waals surface area (Å²) in [7, 11) is -3.45. The largest absolute Gasteiger partial charge is 0.299 e. The van der Waals surface area contributed by atoms with Crippen molar-refractivity contribution >= 4 is 27.1 Å². The fraction of sp³-hybridized carbons (Fsp3) is 0.474. The number of nitrogens with zero attached hydrogens (tertiary/aromatic N) is 2. The number of benzene rings is 1. The fourth-order valence-corrected chi connectivity index (χ4v) is 4.86. The molecule has 0 saturated carbocycles. The van der Waals surface area contributed by atoms with Crippen molar-refractivity contribution in [3.05, 3.63) is 34.7 Å². The van der Waals surface area contributed by atoms with E-state index in [2.05, 4.69) is 4.98 Å². The molecule has 0 aliphatic carbocycles. The smallest absolute Gasteiger partial charge is 0.243 e. The van der Waals surface area contributed by atoms with Gasteiger partial charge in [0.2, 0.25) is 10.0 Å². The van der Waals surface area contributed by atoms with E-state index in [0.29, 0.717) is 19.5 Å². The molecular formula is C19H26N2O3S2. The van der Waals surface area contributed by atoms with Crippen LogP contribution in [-0.4, -0.2) is 36.6 Å². The maximum absolute atomic E-state index is 12.5. The van der Waals surface area contributed by atoms with E-state index in [9.17, 15) is 13.2 Å². The standard InChI is InChI=1S/C19H26N2O3S2/c1-5-14(4)18(22)12-19-20-17(13-25-19)15-8-10-16(11-9-15)26(23,24)21(6-2)7-3/h8-11,13-14H,5-7,12H2,1-4H3. The third-order valence-electron chi connectivity index (χ3n) is 4.53. The van der Waals surface area contributed by atoms with Gasteiger partial charge < -0.3 is 0 Å². The molecule has 0 aliphatic rings. The van der Waals surface area contributed by atoms with Crippen LogP contribution in [0.4, 0.5) is 0 Å². The number of rotatable bonds is 9. The zero-order chi connectivity index (χ0) is 19.3. The molecule has 0 spiro atoms. The molecule has 0 saturated heterocycles. The van der Waals surface area contributed by atoms with Gasteiger partial charge in [-0.2, -0.15) is 4.31 Å². The van der Waals surface area contributed by atoms with Crippen molar-refractivity contribution in [2.75, 3.05) is 13.1 Å². The van der Waals surface area contributed by atoms with Crippen molar-refractivity contribution in [2.45, 2.75) is 45.4 Å². The van der Waals surface area contributed by atoms with Gasteiger partial charge in [0, 0.05) is 30.0 Å². The molecule has 26 heavy (non-hydrogen) atoms. The van der Waals surface area contributed by atoms with Gasteiger partial charge in [-0.3, -0.25) is 4.79 Å².